The molecule has 0 aromatic heterocycles. The Morgan fingerprint density at radius 2 is 2.13 bits per heavy atom. The SMILES string of the molecule is CC1=CCNC=C1C1=CCN(S/C(=C/N=C(C)C)C(C)C)CC1. The van der Waals surface area contributed by atoms with Crippen molar-refractivity contribution in [3.8, 4) is 0 Å². The number of aliphatic imine (C=N–C) groups is 1. The number of nitrogens with one attached hydrogen (secondary N) is 1. The summed E-state index contributed by atoms with van der Waals surface area (Å²) in [7, 11) is 0. The fourth-order valence-corrected chi connectivity index (χ4v) is 3.48. The Bertz CT molecular complexity index is 575. The zero-order chi connectivity index (χ0) is 16.8. The fraction of sp³-hybridized carbons (Fsp3) is 0.526. The molecule has 23 heavy (non-hydrogen) atoms. The van der Waals surface area contributed by atoms with Crippen molar-refractivity contribution >= 4 is 17.7 Å². The maximum atomic E-state index is 4.48. The fourth-order valence-electron chi connectivity index (χ4n) is 2.54. The van der Waals surface area contributed by atoms with Gasteiger partial charge >= 0.3 is 0 Å². The van der Waals surface area contributed by atoms with E-state index in [1.807, 2.05) is 32.0 Å². The highest BCUT2D eigenvalue weighted by atomic mass is 32.2. The number of nitrogens with zero attached hydrogens (tertiary/aromatic N) is 2. The molecule has 4 heteroatoms. The minimum Gasteiger partial charge on any atom is -0.387 e. The first-order valence-corrected chi connectivity index (χ1v) is 9.18. The summed E-state index contributed by atoms with van der Waals surface area (Å²) in [6, 6.07) is 0. The first-order valence-electron chi connectivity index (χ1n) is 8.41. The van der Waals surface area contributed by atoms with Crippen LogP contribution in [0.5, 0.6) is 0 Å². The van der Waals surface area contributed by atoms with Gasteiger partial charge in [0.2, 0.25) is 0 Å². The van der Waals surface area contributed by atoms with Crippen LogP contribution in [0.3, 0.4) is 0 Å². The lowest BCUT2D eigenvalue weighted by atomic mass is 9.94. The Morgan fingerprint density at radius 3 is 2.70 bits per heavy atom. The molecule has 0 amide bonds. The van der Waals surface area contributed by atoms with Gasteiger partial charge in [-0.1, -0.05) is 26.0 Å². The molecule has 0 aliphatic carbocycles. The van der Waals surface area contributed by atoms with Gasteiger partial charge in [-0.3, -0.25) is 4.99 Å². The summed E-state index contributed by atoms with van der Waals surface area (Å²) in [5.74, 6) is 0.504. The van der Waals surface area contributed by atoms with Crippen LogP contribution in [-0.4, -0.2) is 29.7 Å². The maximum Gasteiger partial charge on any atom is 0.0377 e. The summed E-state index contributed by atoms with van der Waals surface area (Å²) in [4.78, 5) is 5.81. The zero-order valence-corrected chi connectivity index (χ0v) is 15.8. The first-order chi connectivity index (χ1) is 11.0. The van der Waals surface area contributed by atoms with E-state index in [2.05, 4.69) is 53.7 Å². The smallest absolute Gasteiger partial charge is 0.0377 e. The van der Waals surface area contributed by atoms with Gasteiger partial charge in [-0.15, -0.1) is 0 Å². The summed E-state index contributed by atoms with van der Waals surface area (Å²) in [5.41, 5.74) is 5.35. The number of hydrogen-bond donors (Lipinski definition) is 1. The highest BCUT2D eigenvalue weighted by Crippen LogP contribution is 2.32. The molecule has 126 valence electrons. The van der Waals surface area contributed by atoms with E-state index in [-0.39, 0.29) is 0 Å². The molecule has 0 saturated heterocycles. The summed E-state index contributed by atoms with van der Waals surface area (Å²) < 4.78 is 2.44. The first kappa shape index (κ1) is 18.1. The number of allylic oxidation sites excluding steroid dienone is 3. The van der Waals surface area contributed by atoms with Gasteiger partial charge in [0.15, 0.2) is 0 Å². The van der Waals surface area contributed by atoms with E-state index in [4.69, 9.17) is 0 Å². The average Bonchev–Trinajstić information content (AvgIpc) is 2.52. The minimum atomic E-state index is 0.504. The van der Waals surface area contributed by atoms with Crippen molar-refractivity contribution in [1.82, 2.24) is 9.62 Å². The van der Waals surface area contributed by atoms with Crippen LogP contribution in [0, 0.1) is 5.92 Å². The van der Waals surface area contributed by atoms with Gasteiger partial charge in [0.25, 0.3) is 0 Å². The van der Waals surface area contributed by atoms with Crippen LogP contribution >= 0.6 is 11.9 Å². The number of rotatable bonds is 5. The summed E-state index contributed by atoms with van der Waals surface area (Å²) in [6.45, 7) is 13.8. The lowest BCUT2D eigenvalue weighted by Gasteiger charge is -2.28. The molecule has 0 spiro atoms. The molecule has 0 radical (unpaired) electrons. The Hall–Kier alpha value is -1.26. The zero-order valence-electron chi connectivity index (χ0n) is 15.0. The maximum absolute atomic E-state index is 4.48. The van der Waals surface area contributed by atoms with Crippen LogP contribution in [0.25, 0.3) is 0 Å². The van der Waals surface area contributed by atoms with Gasteiger partial charge in [-0.05, 0) is 61.8 Å². The normalized spacial score (nSPS) is 19.7. The van der Waals surface area contributed by atoms with E-state index in [1.165, 1.54) is 21.6 Å². The van der Waals surface area contributed by atoms with Gasteiger partial charge in [-0.2, -0.15) is 0 Å². The predicted octanol–water partition coefficient (Wildman–Crippen LogP) is 4.68. The van der Waals surface area contributed by atoms with Crippen molar-refractivity contribution in [2.45, 2.75) is 41.0 Å². The molecular weight excluding hydrogens is 302 g/mol. The second kappa shape index (κ2) is 8.55. The predicted molar refractivity (Wildman–Crippen MR) is 103 cm³/mol. The second-order valence-corrected chi connectivity index (χ2v) is 7.74. The molecule has 0 unspecified atom stereocenters. The van der Waals surface area contributed by atoms with E-state index in [1.54, 1.807) is 0 Å². The molecule has 3 nitrogen and oxygen atoms in total. The minimum absolute atomic E-state index is 0.504. The topological polar surface area (TPSA) is 27.6 Å². The van der Waals surface area contributed by atoms with Crippen LogP contribution in [0.1, 0.15) is 41.0 Å². The van der Waals surface area contributed by atoms with Crippen molar-refractivity contribution in [3.05, 3.63) is 46.2 Å². The van der Waals surface area contributed by atoms with Crippen LogP contribution in [-0.2, 0) is 0 Å². The molecule has 2 rings (SSSR count). The van der Waals surface area contributed by atoms with Crippen molar-refractivity contribution in [2.75, 3.05) is 19.6 Å². The van der Waals surface area contributed by atoms with Crippen LogP contribution in [0.15, 0.2) is 51.2 Å². The molecule has 0 atom stereocenters. The average molecular weight is 332 g/mol. The summed E-state index contributed by atoms with van der Waals surface area (Å²) in [5, 5.41) is 3.33. The molecule has 0 aromatic rings. The Kier molecular flexibility index (Phi) is 6.72. The van der Waals surface area contributed by atoms with Gasteiger partial charge < -0.3 is 5.32 Å². The molecular formula is C19H29N3S. The molecule has 0 fully saturated rings. The highest BCUT2D eigenvalue weighted by molar-refractivity contribution is 8.00. The molecule has 1 N–H and O–H groups in total. The van der Waals surface area contributed by atoms with Crippen LogP contribution < -0.4 is 5.32 Å². The van der Waals surface area contributed by atoms with Crippen LogP contribution in [0.2, 0.25) is 0 Å². The van der Waals surface area contributed by atoms with Crippen LogP contribution in [0.4, 0.5) is 0 Å². The molecule has 2 heterocycles. The second-order valence-electron chi connectivity index (χ2n) is 6.57. The third-order valence-electron chi connectivity index (χ3n) is 3.97. The lowest BCUT2D eigenvalue weighted by molar-refractivity contribution is 0.501. The number of dihydropyridines is 1. The van der Waals surface area contributed by atoms with Crippen molar-refractivity contribution < 1.29 is 0 Å². The van der Waals surface area contributed by atoms with E-state index in [0.29, 0.717) is 5.92 Å². The van der Waals surface area contributed by atoms with Gasteiger partial charge in [0.1, 0.15) is 0 Å². The number of hydrogen-bond acceptors (Lipinski definition) is 4. The standard InChI is InChI=1S/C19H29N3S/c1-14(2)19(13-21-15(3)4)23-22-10-7-17(8-11-22)18-12-20-9-6-16(18)5/h6-7,12-14,20H,8-11H2,1-5H3/b19-13+. The Labute approximate surface area is 145 Å². The molecule has 0 bridgehead atoms. The third kappa shape index (κ3) is 5.40. The molecule has 0 aromatic carbocycles. The van der Waals surface area contributed by atoms with Gasteiger partial charge in [-0.25, -0.2) is 4.31 Å². The summed E-state index contributed by atoms with van der Waals surface area (Å²) in [6.07, 6.45) is 9.95. The molecule has 2 aliphatic heterocycles. The van der Waals surface area contributed by atoms with Crippen molar-refractivity contribution in [3.63, 3.8) is 0 Å². The molecule has 0 saturated carbocycles. The Morgan fingerprint density at radius 1 is 1.35 bits per heavy atom. The molecule has 2 aliphatic rings. The monoisotopic (exact) mass is 331 g/mol. The van der Waals surface area contributed by atoms with Crippen molar-refractivity contribution in [1.29, 1.82) is 0 Å². The van der Waals surface area contributed by atoms with Gasteiger partial charge in [0.05, 0.1) is 0 Å². The van der Waals surface area contributed by atoms with E-state index < -0.39 is 0 Å². The van der Waals surface area contributed by atoms with Crippen molar-refractivity contribution in [2.24, 2.45) is 10.9 Å². The van der Waals surface area contributed by atoms with E-state index >= 15 is 0 Å². The van der Waals surface area contributed by atoms with Gasteiger partial charge in [0, 0.05) is 42.7 Å². The van der Waals surface area contributed by atoms with E-state index in [9.17, 15) is 0 Å². The quantitative estimate of drug-likeness (QED) is 0.585. The third-order valence-corrected chi connectivity index (χ3v) is 5.35. The van der Waals surface area contributed by atoms with E-state index in [0.717, 1.165) is 31.8 Å². The lowest BCUT2D eigenvalue weighted by Crippen LogP contribution is -2.24. The summed E-state index contributed by atoms with van der Waals surface area (Å²) >= 11 is 1.86. The highest BCUT2D eigenvalue weighted by Gasteiger charge is 2.18. The Balaban J connectivity index is 2.00. The largest absolute Gasteiger partial charge is 0.387 e.